The second kappa shape index (κ2) is 11.8. The van der Waals surface area contributed by atoms with E-state index in [1.165, 1.54) is 0 Å². The van der Waals surface area contributed by atoms with Crippen LogP contribution in [0.3, 0.4) is 0 Å². The topological polar surface area (TPSA) is 86.7 Å². The lowest BCUT2D eigenvalue weighted by molar-refractivity contribution is -0.142. The van der Waals surface area contributed by atoms with Gasteiger partial charge in [-0.2, -0.15) is 0 Å². The molecule has 2 fully saturated rings. The summed E-state index contributed by atoms with van der Waals surface area (Å²) < 4.78 is 10.5. The highest BCUT2D eigenvalue weighted by atomic mass is 35.5. The average molecular weight is 559 g/mol. The summed E-state index contributed by atoms with van der Waals surface area (Å²) in [7, 11) is 3.16. The van der Waals surface area contributed by atoms with E-state index < -0.39 is 17.8 Å². The second-order valence-corrected chi connectivity index (χ2v) is 11.1. The maximum Gasteiger partial charge on any atom is 0.144 e. The number of ether oxygens (including phenoxy) is 2. The van der Waals surface area contributed by atoms with Gasteiger partial charge in [-0.15, -0.1) is 0 Å². The Hall–Kier alpha value is -3.77. The number of carbonyl (C=O) groups excluding carboxylic acids is 4. The summed E-state index contributed by atoms with van der Waals surface area (Å²) in [6.45, 7) is 0. The molecule has 0 amide bonds. The number of hydrogen-bond donors (Lipinski definition) is 0. The molecule has 0 aliphatic heterocycles. The van der Waals surface area contributed by atoms with Crippen molar-refractivity contribution in [2.75, 3.05) is 14.2 Å². The summed E-state index contributed by atoms with van der Waals surface area (Å²) in [6, 6.07) is 21.5. The molecular weight excluding hydrogens is 528 g/mol. The Bertz CT molecular complexity index is 1290. The fourth-order valence-corrected chi connectivity index (χ4v) is 6.40. The highest BCUT2D eigenvalue weighted by Crippen LogP contribution is 2.46. The first kappa shape index (κ1) is 27.8. The lowest BCUT2D eigenvalue weighted by atomic mass is 9.62. The molecule has 206 valence electrons. The first-order chi connectivity index (χ1) is 19.3. The zero-order chi connectivity index (χ0) is 28.4. The van der Waals surface area contributed by atoms with Gasteiger partial charge in [0.05, 0.1) is 26.1 Å². The number of ketones is 4. The number of Topliss-reactive ketones (excluding diaryl/α,β-unsaturated/α-hetero) is 4. The molecule has 2 aliphatic carbocycles. The smallest absolute Gasteiger partial charge is 0.144 e. The quantitative estimate of drug-likeness (QED) is 0.325. The Morgan fingerprint density at radius 2 is 0.925 bits per heavy atom. The molecule has 0 aromatic heterocycles. The van der Waals surface area contributed by atoms with Gasteiger partial charge in [-0.3, -0.25) is 19.2 Å². The summed E-state index contributed by atoms with van der Waals surface area (Å²) >= 11 is 6.13. The van der Waals surface area contributed by atoms with Crippen LogP contribution in [-0.4, -0.2) is 37.4 Å². The van der Waals surface area contributed by atoms with E-state index in [-0.39, 0.29) is 60.7 Å². The average Bonchev–Trinajstić information content (AvgIpc) is 2.96. The molecule has 0 atom stereocenters. The van der Waals surface area contributed by atoms with Gasteiger partial charge in [-0.05, 0) is 64.9 Å². The minimum atomic E-state index is -1.06. The number of benzene rings is 3. The summed E-state index contributed by atoms with van der Waals surface area (Å²) in [5.41, 5.74) is 2.38. The standard InChI is InChI=1S/C33H31ClO6/c1-39-25-11-5-19(6-12-25)22-15-27(35)32(28(36)16-22)31(21-3-9-24(34)10-4-21)33-29(37)17-23(18-30(33)38)20-7-13-26(40-2)14-8-20/h3-14,22-23,31-33H,15-18H2,1-2H3. The van der Waals surface area contributed by atoms with Crippen LogP contribution < -0.4 is 9.47 Å². The van der Waals surface area contributed by atoms with E-state index >= 15 is 0 Å². The van der Waals surface area contributed by atoms with Crippen LogP contribution in [-0.2, 0) is 19.2 Å². The van der Waals surface area contributed by atoms with E-state index in [2.05, 4.69) is 0 Å². The Morgan fingerprint density at radius 3 is 1.25 bits per heavy atom. The van der Waals surface area contributed by atoms with Crippen molar-refractivity contribution in [2.45, 2.75) is 43.4 Å². The van der Waals surface area contributed by atoms with Crippen LogP contribution in [0.1, 0.15) is 60.1 Å². The Labute approximate surface area is 238 Å². The van der Waals surface area contributed by atoms with Gasteiger partial charge in [-0.25, -0.2) is 0 Å². The second-order valence-electron chi connectivity index (χ2n) is 10.7. The molecular formula is C33H31ClO6. The number of hydrogen-bond acceptors (Lipinski definition) is 6. The number of halogens is 1. The monoisotopic (exact) mass is 558 g/mol. The number of methoxy groups -OCH3 is 2. The van der Waals surface area contributed by atoms with Crippen LogP contribution in [0.5, 0.6) is 11.5 Å². The van der Waals surface area contributed by atoms with E-state index in [1.54, 1.807) is 38.5 Å². The van der Waals surface area contributed by atoms with Gasteiger partial charge >= 0.3 is 0 Å². The minimum Gasteiger partial charge on any atom is -0.497 e. The van der Waals surface area contributed by atoms with Crippen molar-refractivity contribution in [1.82, 2.24) is 0 Å². The summed E-state index contributed by atoms with van der Waals surface area (Å²) in [6.07, 6.45) is 0.652. The first-order valence-corrected chi connectivity index (χ1v) is 13.8. The SMILES string of the molecule is COc1ccc(C2CC(=O)C(C(c3ccc(Cl)cc3)C3C(=O)CC(c4ccc(OC)cc4)CC3=O)C(=O)C2)cc1. The molecule has 2 aliphatic rings. The van der Waals surface area contributed by atoms with Crippen molar-refractivity contribution in [3.63, 3.8) is 0 Å². The molecule has 0 radical (unpaired) electrons. The molecule has 0 saturated heterocycles. The van der Waals surface area contributed by atoms with E-state index in [0.29, 0.717) is 22.1 Å². The molecule has 0 bridgehead atoms. The summed E-state index contributed by atoms with van der Waals surface area (Å²) in [5, 5.41) is 0.490. The molecule has 0 heterocycles. The van der Waals surface area contributed by atoms with Crippen molar-refractivity contribution >= 4 is 34.7 Å². The predicted octanol–water partition coefficient (Wildman–Crippen LogP) is 6.10. The molecule has 5 rings (SSSR count). The van der Waals surface area contributed by atoms with Crippen molar-refractivity contribution in [1.29, 1.82) is 0 Å². The highest BCUT2D eigenvalue weighted by molar-refractivity contribution is 6.30. The van der Waals surface area contributed by atoms with Crippen LogP contribution in [0, 0.1) is 11.8 Å². The molecule has 6 nitrogen and oxygen atoms in total. The molecule has 7 heteroatoms. The Morgan fingerprint density at radius 1 is 0.575 bits per heavy atom. The molecule has 0 N–H and O–H groups in total. The van der Waals surface area contributed by atoms with Gasteiger partial charge in [0.25, 0.3) is 0 Å². The summed E-state index contributed by atoms with van der Waals surface area (Å²) in [4.78, 5) is 54.8. The van der Waals surface area contributed by atoms with Crippen LogP contribution in [0.25, 0.3) is 0 Å². The van der Waals surface area contributed by atoms with Gasteiger partial charge in [0, 0.05) is 36.6 Å². The third-order valence-electron chi connectivity index (χ3n) is 8.33. The van der Waals surface area contributed by atoms with Gasteiger partial charge in [-0.1, -0.05) is 48.0 Å². The molecule has 2 saturated carbocycles. The molecule has 3 aromatic rings. The molecule has 0 spiro atoms. The van der Waals surface area contributed by atoms with Crippen molar-refractivity contribution in [2.24, 2.45) is 11.8 Å². The van der Waals surface area contributed by atoms with Crippen LogP contribution >= 0.6 is 11.6 Å². The minimum absolute atomic E-state index is 0.163. The third kappa shape index (κ3) is 5.59. The molecule has 40 heavy (non-hydrogen) atoms. The van der Waals surface area contributed by atoms with Gasteiger partial charge in [0.1, 0.15) is 34.6 Å². The van der Waals surface area contributed by atoms with E-state index in [1.807, 2.05) is 48.5 Å². The van der Waals surface area contributed by atoms with Crippen LogP contribution in [0.2, 0.25) is 5.02 Å². The molecule has 0 unspecified atom stereocenters. The highest BCUT2D eigenvalue weighted by Gasteiger charge is 2.50. The third-order valence-corrected chi connectivity index (χ3v) is 8.58. The van der Waals surface area contributed by atoms with E-state index in [4.69, 9.17) is 21.1 Å². The van der Waals surface area contributed by atoms with Crippen LogP contribution in [0.15, 0.2) is 72.8 Å². The summed E-state index contributed by atoms with van der Waals surface area (Å²) in [5.74, 6) is -3.08. The maximum atomic E-state index is 13.7. The van der Waals surface area contributed by atoms with Crippen molar-refractivity contribution in [3.05, 3.63) is 94.5 Å². The van der Waals surface area contributed by atoms with Gasteiger partial charge in [0.15, 0.2) is 0 Å². The lowest BCUT2D eigenvalue weighted by Gasteiger charge is -2.38. The largest absolute Gasteiger partial charge is 0.497 e. The Kier molecular flexibility index (Phi) is 8.17. The van der Waals surface area contributed by atoms with E-state index in [9.17, 15) is 19.2 Å². The normalized spacial score (nSPS) is 24.1. The fourth-order valence-electron chi connectivity index (χ4n) is 6.27. The van der Waals surface area contributed by atoms with Gasteiger partial charge < -0.3 is 9.47 Å². The molecule has 3 aromatic carbocycles. The lowest BCUT2D eigenvalue weighted by Crippen LogP contribution is -2.45. The Balaban J connectivity index is 1.44. The van der Waals surface area contributed by atoms with Crippen LogP contribution in [0.4, 0.5) is 0 Å². The fraction of sp³-hybridized carbons (Fsp3) is 0.333. The van der Waals surface area contributed by atoms with Gasteiger partial charge in [0.2, 0.25) is 0 Å². The van der Waals surface area contributed by atoms with Crippen molar-refractivity contribution in [3.8, 4) is 11.5 Å². The van der Waals surface area contributed by atoms with E-state index in [0.717, 1.165) is 11.1 Å². The van der Waals surface area contributed by atoms with Crippen molar-refractivity contribution < 1.29 is 28.7 Å². The number of carbonyl (C=O) groups is 4. The zero-order valence-electron chi connectivity index (χ0n) is 22.5. The number of rotatable bonds is 7. The zero-order valence-corrected chi connectivity index (χ0v) is 23.2. The maximum absolute atomic E-state index is 13.7. The first-order valence-electron chi connectivity index (χ1n) is 13.4. The predicted molar refractivity (Wildman–Crippen MR) is 151 cm³/mol.